The van der Waals surface area contributed by atoms with E-state index in [9.17, 15) is 0 Å². The topological polar surface area (TPSA) is 0 Å². The molecular weight excluding hydrogens is 416 g/mol. The summed E-state index contributed by atoms with van der Waals surface area (Å²) in [5.41, 5.74) is 0.859. The third kappa shape index (κ3) is 3.63. The monoisotopic (exact) mass is 422 g/mol. The van der Waals surface area contributed by atoms with E-state index in [-0.39, 0.29) is 6.42 Å². The molecule has 21 heavy (non-hydrogen) atoms. The van der Waals surface area contributed by atoms with Crippen molar-refractivity contribution in [1.82, 2.24) is 0 Å². The van der Waals surface area contributed by atoms with Crippen LogP contribution < -0.4 is 0 Å². The Hall–Kier alpha value is 0.730. The molecule has 0 fully saturated rings. The lowest BCUT2D eigenvalue weighted by molar-refractivity contribution is 0.658. The van der Waals surface area contributed by atoms with Crippen LogP contribution >= 0.6 is 81.2 Å². The molecule has 2 aromatic carbocycles. The Bertz CT molecular complexity index is 638. The molecule has 0 bridgehead atoms. The molecule has 0 unspecified atom stereocenters. The molecule has 0 saturated heterocycles. The van der Waals surface area contributed by atoms with Crippen LogP contribution in [-0.2, 0) is 6.42 Å². The van der Waals surface area contributed by atoms with Crippen molar-refractivity contribution < 1.29 is 0 Å². The SMILES string of the molecule is ClC(Cl)(Cl)C(Cl)(Cl)C(Cl)(Cl)Cc1cccc2ccccc12. The Morgan fingerprint density at radius 3 is 1.90 bits per heavy atom. The van der Waals surface area contributed by atoms with Crippen LogP contribution in [0.3, 0.4) is 0 Å². The molecule has 0 aliphatic heterocycles. The van der Waals surface area contributed by atoms with E-state index < -0.39 is 12.5 Å². The van der Waals surface area contributed by atoms with Gasteiger partial charge in [0.2, 0.25) is 3.79 Å². The average molecular weight is 425 g/mol. The zero-order chi connectivity index (χ0) is 15.9. The summed E-state index contributed by atoms with van der Waals surface area (Å²) in [6.45, 7) is 0. The standard InChI is InChI=1S/C14H9Cl7/c15-12(16,13(17,18)14(19,20)21)8-10-6-3-5-9-4-1-2-7-11(9)10/h1-7H,8H2. The van der Waals surface area contributed by atoms with E-state index in [1.807, 2.05) is 42.5 Å². The highest BCUT2D eigenvalue weighted by Gasteiger charge is 2.59. The van der Waals surface area contributed by atoms with Crippen molar-refractivity contribution in [3.63, 3.8) is 0 Å². The van der Waals surface area contributed by atoms with Crippen molar-refractivity contribution in [3.05, 3.63) is 48.0 Å². The van der Waals surface area contributed by atoms with E-state index in [1.54, 1.807) is 0 Å². The number of fused-ring (bicyclic) bond motifs is 1. The van der Waals surface area contributed by atoms with Gasteiger partial charge in [0.05, 0.1) is 0 Å². The maximum absolute atomic E-state index is 6.30. The quantitative estimate of drug-likeness (QED) is 0.460. The number of halogens is 7. The first-order valence-electron chi connectivity index (χ1n) is 5.85. The van der Waals surface area contributed by atoms with Crippen LogP contribution in [0.5, 0.6) is 0 Å². The van der Waals surface area contributed by atoms with Crippen molar-refractivity contribution in [3.8, 4) is 0 Å². The molecule has 0 heterocycles. The number of benzene rings is 2. The van der Waals surface area contributed by atoms with Crippen molar-refractivity contribution >= 4 is 92.0 Å². The Morgan fingerprint density at radius 2 is 1.29 bits per heavy atom. The van der Waals surface area contributed by atoms with Gasteiger partial charge >= 0.3 is 0 Å². The fourth-order valence-corrected chi connectivity index (χ4v) is 3.48. The van der Waals surface area contributed by atoms with Gasteiger partial charge in [0.1, 0.15) is 0 Å². The van der Waals surface area contributed by atoms with Gasteiger partial charge in [-0.2, -0.15) is 0 Å². The predicted octanol–water partition coefficient (Wildman–Crippen LogP) is 7.10. The van der Waals surface area contributed by atoms with Gasteiger partial charge in [-0.25, -0.2) is 0 Å². The summed E-state index contributed by atoms with van der Waals surface area (Å²) < 4.78 is -5.71. The van der Waals surface area contributed by atoms with E-state index >= 15 is 0 Å². The summed E-state index contributed by atoms with van der Waals surface area (Å²) in [4.78, 5) is 0. The van der Waals surface area contributed by atoms with Crippen molar-refractivity contribution in [2.75, 3.05) is 0 Å². The lowest BCUT2D eigenvalue weighted by atomic mass is 9.99. The molecular formula is C14H9Cl7. The van der Waals surface area contributed by atoms with Crippen molar-refractivity contribution in [2.24, 2.45) is 0 Å². The summed E-state index contributed by atoms with van der Waals surface area (Å²) in [6.07, 6.45) is 0.123. The first kappa shape index (κ1) is 18.1. The zero-order valence-electron chi connectivity index (χ0n) is 10.4. The predicted molar refractivity (Wildman–Crippen MR) is 96.8 cm³/mol. The summed E-state index contributed by atoms with van der Waals surface area (Å²) >= 11 is 42.2. The smallest absolute Gasteiger partial charge is 0.0977 e. The second-order valence-corrected chi connectivity index (χ2v) is 9.68. The van der Waals surface area contributed by atoms with Crippen LogP contribution in [0.1, 0.15) is 5.56 Å². The number of hydrogen-bond acceptors (Lipinski definition) is 0. The lowest BCUT2D eigenvalue weighted by Gasteiger charge is -2.37. The van der Waals surface area contributed by atoms with Gasteiger partial charge < -0.3 is 0 Å². The van der Waals surface area contributed by atoms with Gasteiger partial charge in [-0.05, 0) is 16.3 Å². The normalized spacial score (nSPS) is 13.7. The minimum Gasteiger partial charge on any atom is -0.0977 e. The molecule has 0 aromatic heterocycles. The molecule has 0 spiro atoms. The molecule has 0 amide bonds. The molecule has 2 rings (SSSR count). The molecule has 0 radical (unpaired) electrons. The Morgan fingerprint density at radius 1 is 0.714 bits per heavy atom. The molecule has 0 atom stereocenters. The van der Waals surface area contributed by atoms with Crippen LogP contribution in [0.2, 0.25) is 0 Å². The first-order chi connectivity index (χ1) is 9.56. The average Bonchev–Trinajstić information content (AvgIpc) is 2.37. The minimum absolute atomic E-state index is 0.123. The van der Waals surface area contributed by atoms with Crippen LogP contribution in [0.4, 0.5) is 0 Å². The molecule has 0 saturated carbocycles. The highest BCUT2D eigenvalue weighted by Crippen LogP contribution is 2.57. The van der Waals surface area contributed by atoms with E-state index in [1.165, 1.54) is 0 Å². The van der Waals surface area contributed by atoms with Crippen molar-refractivity contribution in [2.45, 2.75) is 18.9 Å². The third-order valence-corrected chi connectivity index (χ3v) is 6.97. The number of rotatable bonds is 3. The molecule has 7 heteroatoms. The summed E-state index contributed by atoms with van der Waals surface area (Å²) in [7, 11) is 0. The van der Waals surface area contributed by atoms with Gasteiger partial charge in [-0.3, -0.25) is 0 Å². The van der Waals surface area contributed by atoms with Gasteiger partial charge in [-0.15, -0.1) is 0 Å². The van der Waals surface area contributed by atoms with Crippen LogP contribution in [0.15, 0.2) is 42.5 Å². The molecule has 2 aromatic rings. The fraction of sp³-hybridized carbons (Fsp3) is 0.286. The molecule has 0 aliphatic carbocycles. The van der Waals surface area contributed by atoms with E-state index in [0.717, 1.165) is 16.3 Å². The second kappa shape index (κ2) is 6.32. The number of alkyl halides is 7. The van der Waals surface area contributed by atoms with Crippen LogP contribution in [0.25, 0.3) is 10.8 Å². The van der Waals surface area contributed by atoms with Gasteiger partial charge in [0.25, 0.3) is 0 Å². The highest BCUT2D eigenvalue weighted by molar-refractivity contribution is 6.78. The summed E-state index contributed by atoms with van der Waals surface area (Å²) in [5, 5.41) is 2.03. The second-order valence-electron chi connectivity index (χ2n) is 4.59. The van der Waals surface area contributed by atoms with Gasteiger partial charge in [0.15, 0.2) is 8.67 Å². The summed E-state index contributed by atoms with van der Waals surface area (Å²) in [6, 6.07) is 13.5. The van der Waals surface area contributed by atoms with E-state index in [0.29, 0.717) is 0 Å². The lowest BCUT2D eigenvalue weighted by Crippen LogP contribution is -2.48. The fourth-order valence-electron chi connectivity index (χ4n) is 2.00. The number of hydrogen-bond donors (Lipinski definition) is 0. The van der Waals surface area contributed by atoms with Crippen LogP contribution in [-0.4, -0.2) is 12.5 Å². The van der Waals surface area contributed by atoms with Crippen molar-refractivity contribution in [1.29, 1.82) is 0 Å². The largest absolute Gasteiger partial charge is 0.226 e. The molecule has 0 N–H and O–H groups in total. The van der Waals surface area contributed by atoms with E-state index in [4.69, 9.17) is 81.2 Å². The third-order valence-electron chi connectivity index (χ3n) is 3.11. The van der Waals surface area contributed by atoms with E-state index in [2.05, 4.69) is 0 Å². The highest BCUT2D eigenvalue weighted by atomic mass is 35.6. The minimum atomic E-state index is -2.04. The summed E-state index contributed by atoms with van der Waals surface area (Å²) in [5.74, 6) is 0. The molecule has 0 aliphatic rings. The first-order valence-corrected chi connectivity index (χ1v) is 8.50. The molecule has 114 valence electrons. The Labute approximate surface area is 158 Å². The van der Waals surface area contributed by atoms with Gasteiger partial charge in [-0.1, -0.05) is 124 Å². The van der Waals surface area contributed by atoms with Crippen LogP contribution in [0, 0.1) is 0 Å². The maximum atomic E-state index is 6.30. The molecule has 0 nitrogen and oxygen atoms in total. The Kier molecular flexibility index (Phi) is 5.44. The van der Waals surface area contributed by atoms with Gasteiger partial charge in [0, 0.05) is 6.42 Å². The maximum Gasteiger partial charge on any atom is 0.226 e. The zero-order valence-corrected chi connectivity index (χ0v) is 15.7. The Balaban J connectivity index is 2.44.